The van der Waals surface area contributed by atoms with Gasteiger partial charge in [-0.1, -0.05) is 18.2 Å². The predicted octanol–water partition coefficient (Wildman–Crippen LogP) is 1.30. The van der Waals surface area contributed by atoms with Gasteiger partial charge < -0.3 is 5.11 Å². The van der Waals surface area contributed by atoms with Crippen LogP contribution in [0.2, 0.25) is 0 Å². The maximum Gasteiger partial charge on any atom is 0.350 e. The van der Waals surface area contributed by atoms with Gasteiger partial charge in [-0.2, -0.15) is 0 Å². The summed E-state index contributed by atoms with van der Waals surface area (Å²) in [6.07, 6.45) is 7.79. The number of nitrogens with zero attached hydrogens (tertiary/aromatic N) is 1. The van der Waals surface area contributed by atoms with Crippen molar-refractivity contribution in [2.45, 2.75) is 6.42 Å². The Morgan fingerprint density at radius 1 is 1.58 bits per heavy atom. The molecule has 0 aromatic rings. The molecule has 0 aromatic carbocycles. The third kappa shape index (κ3) is 0.993. The maximum absolute atomic E-state index is 10.5. The highest BCUT2D eigenvalue weighted by molar-refractivity contribution is 6.36. The van der Waals surface area contributed by atoms with Crippen LogP contribution in [-0.2, 0) is 4.79 Å². The summed E-state index contributed by atoms with van der Waals surface area (Å²) in [4.78, 5) is 14.4. The first kappa shape index (κ1) is 7.03. The predicted molar refractivity (Wildman–Crippen MR) is 45.0 cm³/mol. The Morgan fingerprint density at radius 2 is 2.42 bits per heavy atom. The fraction of sp³-hybridized carbons (Fsp3) is 0.111. The number of aliphatic carboxylic acids is 1. The van der Waals surface area contributed by atoms with E-state index in [2.05, 4.69) is 4.99 Å². The second-order valence-corrected chi connectivity index (χ2v) is 2.69. The fourth-order valence-corrected chi connectivity index (χ4v) is 1.26. The highest BCUT2D eigenvalue weighted by Gasteiger charge is 2.18. The number of rotatable bonds is 1. The molecule has 0 bridgehead atoms. The molecule has 2 rings (SSSR count). The van der Waals surface area contributed by atoms with E-state index in [4.69, 9.17) is 5.11 Å². The van der Waals surface area contributed by atoms with E-state index in [0.717, 1.165) is 11.1 Å². The molecule has 3 nitrogen and oxygen atoms in total. The van der Waals surface area contributed by atoms with Crippen molar-refractivity contribution in [3.05, 3.63) is 35.6 Å². The van der Waals surface area contributed by atoms with Gasteiger partial charge in [0.2, 0.25) is 0 Å². The van der Waals surface area contributed by atoms with E-state index in [9.17, 15) is 4.79 Å². The third-order valence-electron chi connectivity index (χ3n) is 1.91. The first-order valence-corrected chi connectivity index (χ1v) is 3.65. The minimum atomic E-state index is -0.932. The van der Waals surface area contributed by atoms with Crippen molar-refractivity contribution in [1.29, 1.82) is 0 Å². The summed E-state index contributed by atoms with van der Waals surface area (Å²) < 4.78 is 0. The number of allylic oxidation sites excluding steroid dienone is 5. The van der Waals surface area contributed by atoms with Crippen LogP contribution in [0.1, 0.15) is 6.42 Å². The van der Waals surface area contributed by atoms with Crippen LogP contribution < -0.4 is 0 Å². The minimum Gasteiger partial charge on any atom is -0.477 e. The second-order valence-electron chi connectivity index (χ2n) is 2.69. The third-order valence-corrected chi connectivity index (χ3v) is 1.91. The Labute approximate surface area is 69.4 Å². The highest BCUT2D eigenvalue weighted by atomic mass is 16.4. The second kappa shape index (κ2) is 2.44. The van der Waals surface area contributed by atoms with Crippen LogP contribution in [-0.4, -0.2) is 16.8 Å². The summed E-state index contributed by atoms with van der Waals surface area (Å²) in [5, 5.41) is 8.65. The highest BCUT2D eigenvalue weighted by Crippen LogP contribution is 2.25. The van der Waals surface area contributed by atoms with Gasteiger partial charge in [0, 0.05) is 12.6 Å². The van der Waals surface area contributed by atoms with Gasteiger partial charge >= 0.3 is 5.97 Å². The van der Waals surface area contributed by atoms with Crippen molar-refractivity contribution in [2.24, 2.45) is 4.99 Å². The molecule has 0 radical (unpaired) electrons. The van der Waals surface area contributed by atoms with Crippen LogP contribution in [0.5, 0.6) is 0 Å². The van der Waals surface area contributed by atoms with Crippen molar-refractivity contribution in [3.63, 3.8) is 0 Å². The lowest BCUT2D eigenvalue weighted by atomic mass is 10.0. The average molecular weight is 161 g/mol. The van der Waals surface area contributed by atoms with Crippen molar-refractivity contribution < 1.29 is 9.90 Å². The monoisotopic (exact) mass is 161 g/mol. The molecule has 2 aliphatic rings. The number of carbonyl (C=O) groups is 1. The van der Waals surface area contributed by atoms with Crippen molar-refractivity contribution in [2.75, 3.05) is 0 Å². The molecule has 0 saturated carbocycles. The van der Waals surface area contributed by atoms with Crippen LogP contribution in [0, 0.1) is 0 Å². The van der Waals surface area contributed by atoms with Gasteiger partial charge in [0.15, 0.2) is 0 Å². The molecule has 1 N–H and O–H groups in total. The number of hydrogen-bond acceptors (Lipinski definition) is 2. The lowest BCUT2D eigenvalue weighted by Crippen LogP contribution is -2.15. The molecular weight excluding hydrogens is 154 g/mol. The molecule has 0 fully saturated rings. The van der Waals surface area contributed by atoms with E-state index in [-0.39, 0.29) is 5.71 Å². The normalized spacial score (nSPS) is 19.5. The standard InChI is InChI=1S/C9H7NO2/c11-9(12)8-4-6-2-1-3-7(6)5-10-8/h1-3,5H,4H2,(H,11,12). The molecular formula is C9H7NO2. The van der Waals surface area contributed by atoms with E-state index in [1.165, 1.54) is 0 Å². The van der Waals surface area contributed by atoms with E-state index >= 15 is 0 Å². The van der Waals surface area contributed by atoms with Crippen molar-refractivity contribution in [3.8, 4) is 0 Å². The van der Waals surface area contributed by atoms with Crippen LogP contribution >= 0.6 is 0 Å². The first-order chi connectivity index (χ1) is 5.77. The summed E-state index contributed by atoms with van der Waals surface area (Å²) in [7, 11) is 0. The van der Waals surface area contributed by atoms with Crippen LogP contribution in [0.25, 0.3) is 0 Å². The largest absolute Gasteiger partial charge is 0.477 e. The number of fused-ring (bicyclic) bond motifs is 1. The lowest BCUT2D eigenvalue weighted by Gasteiger charge is -2.08. The molecule has 0 saturated heterocycles. The SMILES string of the molecule is O=C(O)C1=NC=C2C=CC=C2C1. The molecule has 1 heterocycles. The van der Waals surface area contributed by atoms with Gasteiger partial charge in [0.25, 0.3) is 0 Å². The molecule has 0 aromatic heterocycles. The smallest absolute Gasteiger partial charge is 0.350 e. The molecule has 12 heavy (non-hydrogen) atoms. The zero-order chi connectivity index (χ0) is 8.55. The molecule has 1 aliphatic heterocycles. The average Bonchev–Trinajstić information content (AvgIpc) is 2.49. The van der Waals surface area contributed by atoms with Crippen LogP contribution in [0.3, 0.4) is 0 Å². The molecule has 60 valence electrons. The Kier molecular flexibility index (Phi) is 1.43. The van der Waals surface area contributed by atoms with Gasteiger partial charge in [0.05, 0.1) is 0 Å². The van der Waals surface area contributed by atoms with Gasteiger partial charge in [-0.15, -0.1) is 0 Å². The van der Waals surface area contributed by atoms with Gasteiger partial charge in [0.1, 0.15) is 5.71 Å². The molecule has 0 atom stereocenters. The summed E-state index contributed by atoms with van der Waals surface area (Å²) in [6.45, 7) is 0. The quantitative estimate of drug-likeness (QED) is 0.630. The van der Waals surface area contributed by atoms with Gasteiger partial charge in [-0.3, -0.25) is 4.99 Å². The Hall–Kier alpha value is -1.64. The molecule has 0 amide bonds. The van der Waals surface area contributed by atoms with Crippen molar-refractivity contribution >= 4 is 11.7 Å². The Morgan fingerprint density at radius 3 is 3.17 bits per heavy atom. The van der Waals surface area contributed by atoms with Crippen LogP contribution in [0.15, 0.2) is 40.6 Å². The summed E-state index contributed by atoms with van der Waals surface area (Å²) in [6, 6.07) is 0. The van der Waals surface area contributed by atoms with Crippen molar-refractivity contribution in [1.82, 2.24) is 0 Å². The number of carboxylic acids is 1. The summed E-state index contributed by atoms with van der Waals surface area (Å²) in [5.74, 6) is -0.932. The summed E-state index contributed by atoms with van der Waals surface area (Å²) in [5.41, 5.74) is 2.29. The van der Waals surface area contributed by atoms with E-state index in [1.54, 1.807) is 6.20 Å². The molecule has 1 aliphatic carbocycles. The number of carboxylic acid groups (broad SMARTS) is 1. The zero-order valence-electron chi connectivity index (χ0n) is 6.32. The fourth-order valence-electron chi connectivity index (χ4n) is 1.26. The van der Waals surface area contributed by atoms with Gasteiger partial charge in [-0.25, -0.2) is 4.79 Å². The minimum absolute atomic E-state index is 0.216. The Bertz CT molecular complexity index is 359. The number of hydrogen-bond donors (Lipinski definition) is 1. The van der Waals surface area contributed by atoms with E-state index in [1.807, 2.05) is 18.2 Å². The first-order valence-electron chi connectivity index (χ1n) is 3.65. The summed E-state index contributed by atoms with van der Waals surface area (Å²) >= 11 is 0. The van der Waals surface area contributed by atoms with Crippen LogP contribution in [0.4, 0.5) is 0 Å². The maximum atomic E-state index is 10.5. The molecule has 0 spiro atoms. The van der Waals surface area contributed by atoms with E-state index < -0.39 is 5.97 Å². The Balaban J connectivity index is 2.33. The molecule has 3 heteroatoms. The zero-order valence-corrected chi connectivity index (χ0v) is 6.32. The van der Waals surface area contributed by atoms with E-state index in [0.29, 0.717) is 6.42 Å². The topological polar surface area (TPSA) is 49.7 Å². The van der Waals surface area contributed by atoms with Gasteiger partial charge in [-0.05, 0) is 11.1 Å². The lowest BCUT2D eigenvalue weighted by molar-refractivity contribution is -0.129. The molecule has 0 unspecified atom stereocenters. The number of aliphatic imine (C=N–C) groups is 1.